The van der Waals surface area contributed by atoms with Crippen LogP contribution in [-0.2, 0) is 23.9 Å². The van der Waals surface area contributed by atoms with Gasteiger partial charge in [-0.2, -0.15) is 0 Å². The lowest BCUT2D eigenvalue weighted by atomic mass is 9.79. The predicted molar refractivity (Wildman–Crippen MR) is 134 cm³/mol. The molecule has 0 aromatic rings. The first-order valence-electron chi connectivity index (χ1n) is 13.6. The van der Waals surface area contributed by atoms with Gasteiger partial charge in [-0.05, 0) is 84.0 Å². The summed E-state index contributed by atoms with van der Waals surface area (Å²) in [5.41, 5.74) is 0. The highest BCUT2D eigenvalue weighted by Crippen LogP contribution is 2.32. The van der Waals surface area contributed by atoms with E-state index in [0.717, 1.165) is 19.3 Å². The van der Waals surface area contributed by atoms with Gasteiger partial charge in [0.05, 0.1) is 18.3 Å². The molecular formula is C27H47NO8. The van der Waals surface area contributed by atoms with Gasteiger partial charge in [0.1, 0.15) is 12.1 Å². The number of piperidine rings is 1. The van der Waals surface area contributed by atoms with Gasteiger partial charge >= 0.3 is 5.97 Å². The van der Waals surface area contributed by atoms with E-state index in [-0.39, 0.29) is 18.4 Å². The summed E-state index contributed by atoms with van der Waals surface area (Å²) >= 11 is 0. The summed E-state index contributed by atoms with van der Waals surface area (Å²) in [5, 5.41) is 30.8. The molecule has 0 spiro atoms. The van der Waals surface area contributed by atoms with Crippen molar-refractivity contribution in [2.75, 3.05) is 6.54 Å². The van der Waals surface area contributed by atoms with E-state index in [1.165, 1.54) is 4.90 Å². The molecule has 8 atom stereocenters. The van der Waals surface area contributed by atoms with Crippen molar-refractivity contribution >= 4 is 17.7 Å². The molecule has 8 unspecified atom stereocenters. The van der Waals surface area contributed by atoms with E-state index in [9.17, 15) is 29.7 Å². The molecule has 1 heterocycles. The van der Waals surface area contributed by atoms with Gasteiger partial charge in [0.2, 0.25) is 5.79 Å². The average molecular weight is 514 g/mol. The number of esters is 1. The Kier molecular flexibility index (Phi) is 11.3. The molecule has 1 amide bonds. The van der Waals surface area contributed by atoms with E-state index in [1.54, 1.807) is 27.7 Å². The third-order valence-corrected chi connectivity index (χ3v) is 7.95. The number of hydrogen-bond donors (Lipinski definition) is 3. The van der Waals surface area contributed by atoms with Crippen LogP contribution in [-0.4, -0.2) is 80.7 Å². The summed E-state index contributed by atoms with van der Waals surface area (Å²) in [5.74, 6) is -5.13. The zero-order chi connectivity index (χ0) is 27.2. The maximum atomic E-state index is 13.3. The SMILES string of the molecule is CCC(C)C(O)(OC(C)C)C(=O)C(=O)N1CCCCC1C(=O)OC(C)C(C)CC1CCC(O)C(O)C1. The van der Waals surface area contributed by atoms with E-state index < -0.39 is 59.8 Å². The third-order valence-electron chi connectivity index (χ3n) is 7.95. The topological polar surface area (TPSA) is 134 Å². The minimum Gasteiger partial charge on any atom is -0.461 e. The van der Waals surface area contributed by atoms with E-state index in [2.05, 4.69) is 0 Å². The maximum Gasteiger partial charge on any atom is 0.329 e. The molecule has 1 aliphatic carbocycles. The first-order valence-corrected chi connectivity index (χ1v) is 13.6. The van der Waals surface area contributed by atoms with Crippen LogP contribution in [0.3, 0.4) is 0 Å². The first kappa shape index (κ1) is 30.7. The average Bonchev–Trinajstić information content (AvgIpc) is 2.84. The van der Waals surface area contributed by atoms with E-state index >= 15 is 0 Å². The number of aliphatic hydroxyl groups excluding tert-OH is 2. The third kappa shape index (κ3) is 7.49. The molecule has 0 bridgehead atoms. The molecule has 0 aromatic heterocycles. The Morgan fingerprint density at radius 1 is 1.00 bits per heavy atom. The second-order valence-corrected chi connectivity index (χ2v) is 11.2. The fourth-order valence-electron chi connectivity index (χ4n) is 5.26. The highest BCUT2D eigenvalue weighted by atomic mass is 16.6. The molecule has 2 aliphatic rings. The number of rotatable bonds is 11. The molecule has 9 heteroatoms. The second-order valence-electron chi connectivity index (χ2n) is 11.2. The lowest BCUT2D eigenvalue weighted by molar-refractivity contribution is -0.240. The monoisotopic (exact) mass is 513 g/mol. The number of ether oxygens (including phenoxy) is 2. The Labute approximate surface area is 215 Å². The zero-order valence-electron chi connectivity index (χ0n) is 22.8. The van der Waals surface area contributed by atoms with Gasteiger partial charge in [-0.15, -0.1) is 0 Å². The minimum atomic E-state index is -2.26. The predicted octanol–water partition coefficient (Wildman–Crippen LogP) is 2.58. The number of likely N-dealkylation sites (tertiary alicyclic amines) is 1. The number of Topliss-reactive ketones (excluding diaryl/α,β-unsaturated/α-hetero) is 1. The summed E-state index contributed by atoms with van der Waals surface area (Å²) in [6, 6.07) is -0.892. The number of nitrogens with zero attached hydrogens (tertiary/aromatic N) is 1. The number of aliphatic hydroxyl groups is 3. The van der Waals surface area contributed by atoms with Gasteiger partial charge in [0.25, 0.3) is 11.7 Å². The van der Waals surface area contributed by atoms with Gasteiger partial charge in [0.15, 0.2) is 0 Å². The van der Waals surface area contributed by atoms with Crippen LogP contribution in [0.25, 0.3) is 0 Å². The van der Waals surface area contributed by atoms with Crippen molar-refractivity contribution in [3.63, 3.8) is 0 Å². The molecule has 2 fully saturated rings. The summed E-state index contributed by atoms with van der Waals surface area (Å²) in [7, 11) is 0. The molecule has 36 heavy (non-hydrogen) atoms. The van der Waals surface area contributed by atoms with E-state index in [0.29, 0.717) is 32.1 Å². The first-order chi connectivity index (χ1) is 16.8. The van der Waals surface area contributed by atoms with Crippen LogP contribution in [0.1, 0.15) is 92.9 Å². The summed E-state index contributed by atoms with van der Waals surface area (Å²) in [6.07, 6.45) is 2.55. The molecule has 208 valence electrons. The number of hydrogen-bond acceptors (Lipinski definition) is 8. The molecule has 9 nitrogen and oxygen atoms in total. The van der Waals surface area contributed by atoms with Crippen molar-refractivity contribution in [2.24, 2.45) is 17.8 Å². The lowest BCUT2D eigenvalue weighted by Crippen LogP contribution is -2.59. The van der Waals surface area contributed by atoms with Crippen LogP contribution in [0.2, 0.25) is 0 Å². The van der Waals surface area contributed by atoms with Crippen molar-refractivity contribution < 1.29 is 39.2 Å². The minimum absolute atomic E-state index is 0.0192. The van der Waals surface area contributed by atoms with Gasteiger partial charge in [-0.25, -0.2) is 4.79 Å². The maximum absolute atomic E-state index is 13.3. The zero-order valence-corrected chi connectivity index (χ0v) is 22.8. The Morgan fingerprint density at radius 2 is 1.67 bits per heavy atom. The van der Waals surface area contributed by atoms with Gasteiger partial charge in [-0.1, -0.05) is 20.8 Å². The fraction of sp³-hybridized carbons (Fsp3) is 0.889. The Balaban J connectivity index is 2.07. The molecule has 2 rings (SSSR count). The van der Waals surface area contributed by atoms with Crippen molar-refractivity contribution in [3.05, 3.63) is 0 Å². The van der Waals surface area contributed by atoms with E-state index in [1.807, 2.05) is 13.8 Å². The molecule has 1 saturated heterocycles. The highest BCUT2D eigenvalue weighted by molar-refractivity contribution is 6.39. The standard InChI is InChI=1S/C27H47NO8/c1-7-18(5)27(34,36-16(2)3)24(31)25(32)28-13-9-8-10-21(28)26(33)35-19(6)17(4)14-20-11-12-22(29)23(30)15-20/h16-23,29-30,34H,7-15H2,1-6H3. The second kappa shape index (κ2) is 13.3. The quantitative estimate of drug-likeness (QED) is 0.218. The Hall–Kier alpha value is -1.55. The van der Waals surface area contributed by atoms with Crippen molar-refractivity contribution in [3.8, 4) is 0 Å². The number of ketones is 1. The summed E-state index contributed by atoms with van der Waals surface area (Å²) in [4.78, 5) is 40.9. The van der Waals surface area contributed by atoms with Crippen LogP contribution in [0.4, 0.5) is 0 Å². The largest absolute Gasteiger partial charge is 0.461 e. The van der Waals surface area contributed by atoms with Crippen LogP contribution in [0.5, 0.6) is 0 Å². The number of amides is 1. The molecule has 0 aromatic carbocycles. The van der Waals surface area contributed by atoms with Gasteiger partial charge in [-0.3, -0.25) is 9.59 Å². The normalized spacial score (nSPS) is 29.2. The van der Waals surface area contributed by atoms with Crippen LogP contribution in [0, 0.1) is 17.8 Å². The molecule has 1 saturated carbocycles. The molecule has 1 aliphatic heterocycles. The van der Waals surface area contributed by atoms with Crippen molar-refractivity contribution in [1.29, 1.82) is 0 Å². The molecule has 0 radical (unpaired) electrons. The van der Waals surface area contributed by atoms with Crippen LogP contribution >= 0.6 is 0 Å². The van der Waals surface area contributed by atoms with Crippen LogP contribution < -0.4 is 0 Å². The molecule has 3 N–H and O–H groups in total. The number of carbonyl (C=O) groups is 3. The highest BCUT2D eigenvalue weighted by Gasteiger charge is 2.49. The van der Waals surface area contributed by atoms with Gasteiger partial charge in [0, 0.05) is 12.5 Å². The fourth-order valence-corrected chi connectivity index (χ4v) is 5.26. The Bertz CT molecular complexity index is 758. The van der Waals surface area contributed by atoms with Crippen molar-refractivity contribution in [1.82, 2.24) is 4.90 Å². The number of carbonyl (C=O) groups excluding carboxylic acids is 3. The smallest absolute Gasteiger partial charge is 0.329 e. The van der Waals surface area contributed by atoms with Gasteiger partial charge < -0.3 is 29.7 Å². The lowest BCUT2D eigenvalue weighted by Gasteiger charge is -2.38. The Morgan fingerprint density at radius 3 is 2.25 bits per heavy atom. The summed E-state index contributed by atoms with van der Waals surface area (Å²) in [6.45, 7) is 10.9. The van der Waals surface area contributed by atoms with E-state index in [4.69, 9.17) is 9.47 Å². The molecular weight excluding hydrogens is 466 g/mol. The van der Waals surface area contributed by atoms with Crippen molar-refractivity contribution in [2.45, 2.75) is 129 Å². The summed E-state index contributed by atoms with van der Waals surface area (Å²) < 4.78 is 11.3. The van der Waals surface area contributed by atoms with Crippen LogP contribution in [0.15, 0.2) is 0 Å².